The van der Waals surface area contributed by atoms with E-state index in [4.69, 9.17) is 16.3 Å². The van der Waals surface area contributed by atoms with Gasteiger partial charge in [0, 0.05) is 40.8 Å². The van der Waals surface area contributed by atoms with Crippen molar-refractivity contribution >= 4 is 60.0 Å². The zero-order valence-corrected chi connectivity index (χ0v) is 25.7. The largest absolute Gasteiger partial charge is 0.491 e. The summed E-state index contributed by atoms with van der Waals surface area (Å²) in [5, 5.41) is 21.5. The number of hydrogen-bond acceptors (Lipinski definition) is 9. The maximum Gasteiger partial charge on any atom is 0.338 e. The van der Waals surface area contributed by atoms with Crippen LogP contribution in [0.4, 0.5) is 0 Å². The molecule has 1 saturated heterocycles. The molecule has 1 aliphatic heterocycles. The SMILES string of the molecule is Cc1nc2ccc(S(=O)(=O)N3CCCC3)c(C#N)c2c(=O)n1CCOc1ccc(Cl)cc1-c1ccnc2c(C(=O)O)csc12. The van der Waals surface area contributed by atoms with Crippen LogP contribution in [0, 0.1) is 18.3 Å². The Morgan fingerprint density at radius 3 is 2.68 bits per heavy atom. The molecule has 0 amide bonds. The molecule has 0 aliphatic carbocycles. The van der Waals surface area contributed by atoms with Crippen LogP contribution in [0.15, 0.2) is 57.7 Å². The molecule has 3 aromatic heterocycles. The Hall–Kier alpha value is -4.35. The Balaban J connectivity index is 1.35. The van der Waals surface area contributed by atoms with Crippen molar-refractivity contribution in [2.75, 3.05) is 19.7 Å². The van der Waals surface area contributed by atoms with Crippen LogP contribution in [0.5, 0.6) is 5.75 Å². The van der Waals surface area contributed by atoms with Crippen molar-refractivity contribution in [1.82, 2.24) is 18.8 Å². The molecule has 1 N–H and O–H groups in total. The number of hydrogen-bond donors (Lipinski definition) is 1. The van der Waals surface area contributed by atoms with E-state index in [0.717, 1.165) is 12.8 Å². The first-order valence-electron chi connectivity index (χ1n) is 13.6. The van der Waals surface area contributed by atoms with Gasteiger partial charge < -0.3 is 9.84 Å². The number of rotatable bonds is 8. The average Bonchev–Trinajstić information content (AvgIpc) is 3.70. The Morgan fingerprint density at radius 1 is 1.18 bits per heavy atom. The number of aromatic carboxylic acids is 1. The van der Waals surface area contributed by atoms with Crippen molar-refractivity contribution in [2.45, 2.75) is 31.2 Å². The fraction of sp³-hybridized carbons (Fsp3) is 0.233. The van der Waals surface area contributed by atoms with Crippen LogP contribution < -0.4 is 10.3 Å². The van der Waals surface area contributed by atoms with Gasteiger partial charge in [-0.05, 0) is 56.2 Å². The van der Waals surface area contributed by atoms with Gasteiger partial charge in [0.25, 0.3) is 5.56 Å². The molecule has 44 heavy (non-hydrogen) atoms. The van der Waals surface area contributed by atoms with Gasteiger partial charge in [0.15, 0.2) is 0 Å². The lowest BCUT2D eigenvalue weighted by molar-refractivity contribution is 0.0699. The van der Waals surface area contributed by atoms with E-state index in [1.807, 2.05) is 6.07 Å². The van der Waals surface area contributed by atoms with Gasteiger partial charge in [0.05, 0.1) is 38.8 Å². The zero-order chi connectivity index (χ0) is 31.2. The number of carboxylic acid groups (broad SMARTS) is 1. The Morgan fingerprint density at radius 2 is 1.95 bits per heavy atom. The van der Waals surface area contributed by atoms with Crippen molar-refractivity contribution < 1.29 is 23.1 Å². The van der Waals surface area contributed by atoms with Crippen molar-refractivity contribution in [3.8, 4) is 22.9 Å². The van der Waals surface area contributed by atoms with Gasteiger partial charge in [0.2, 0.25) is 10.0 Å². The third-order valence-corrected chi connectivity index (χ3v) is 10.7. The number of fused-ring (bicyclic) bond motifs is 2. The van der Waals surface area contributed by atoms with Gasteiger partial charge in [0.1, 0.15) is 29.1 Å². The smallest absolute Gasteiger partial charge is 0.338 e. The molecule has 0 unspecified atom stereocenters. The molecule has 14 heteroatoms. The lowest BCUT2D eigenvalue weighted by atomic mass is 10.0. The molecule has 6 rings (SSSR count). The second-order valence-electron chi connectivity index (χ2n) is 10.2. The van der Waals surface area contributed by atoms with Crippen LogP contribution in [0.3, 0.4) is 0 Å². The van der Waals surface area contributed by atoms with Gasteiger partial charge >= 0.3 is 5.97 Å². The van der Waals surface area contributed by atoms with E-state index in [9.17, 15) is 28.4 Å². The number of carboxylic acids is 1. The quantitative estimate of drug-likeness (QED) is 0.242. The summed E-state index contributed by atoms with van der Waals surface area (Å²) in [5.41, 5.74) is 1.24. The van der Waals surface area contributed by atoms with Gasteiger partial charge in [-0.15, -0.1) is 11.3 Å². The standard InChI is InChI=1S/C30H24ClN5O6S2/c1-17-34-23-5-7-25(44(40,41)35-10-2-3-11-35)21(15-32)26(23)29(37)36(17)12-13-42-24-6-4-18(31)14-20(24)19-8-9-33-27-22(30(38)39)16-43-28(19)27/h4-9,14,16H,2-3,10-13H2,1H3,(H,38,39). The first-order valence-corrected chi connectivity index (χ1v) is 16.3. The summed E-state index contributed by atoms with van der Waals surface area (Å²) in [6.07, 6.45) is 3.00. The molecule has 0 saturated carbocycles. The third-order valence-electron chi connectivity index (χ3n) is 7.56. The predicted octanol–water partition coefficient (Wildman–Crippen LogP) is 5.07. The number of aromatic nitrogens is 3. The molecule has 11 nitrogen and oxygen atoms in total. The fourth-order valence-corrected chi connectivity index (χ4v) is 8.30. The number of sulfonamides is 1. The number of nitriles is 1. The first kappa shape index (κ1) is 29.7. The maximum absolute atomic E-state index is 13.7. The van der Waals surface area contributed by atoms with E-state index in [0.29, 0.717) is 51.0 Å². The Labute approximate surface area is 260 Å². The lowest BCUT2D eigenvalue weighted by Gasteiger charge is -2.18. The summed E-state index contributed by atoms with van der Waals surface area (Å²) < 4.78 is 36.1. The van der Waals surface area contributed by atoms with E-state index in [1.54, 1.807) is 31.2 Å². The van der Waals surface area contributed by atoms with Crippen molar-refractivity contribution in [2.24, 2.45) is 0 Å². The summed E-state index contributed by atoms with van der Waals surface area (Å²) in [4.78, 5) is 34.0. The molecular formula is C30H24ClN5O6S2. The Kier molecular flexibility index (Phi) is 7.85. The zero-order valence-electron chi connectivity index (χ0n) is 23.3. The minimum atomic E-state index is -3.96. The highest BCUT2D eigenvalue weighted by molar-refractivity contribution is 7.89. The topological polar surface area (TPSA) is 155 Å². The normalized spacial score (nSPS) is 13.8. The molecule has 5 aromatic rings. The summed E-state index contributed by atoms with van der Waals surface area (Å²) in [6.45, 7) is 2.46. The number of thiophene rings is 1. The predicted molar refractivity (Wildman–Crippen MR) is 166 cm³/mol. The monoisotopic (exact) mass is 649 g/mol. The van der Waals surface area contributed by atoms with Crippen LogP contribution in [0.1, 0.15) is 34.6 Å². The van der Waals surface area contributed by atoms with Gasteiger partial charge in [-0.3, -0.25) is 14.3 Å². The number of benzene rings is 2. The van der Waals surface area contributed by atoms with Crippen molar-refractivity contribution in [3.63, 3.8) is 0 Å². The average molecular weight is 650 g/mol. The van der Waals surface area contributed by atoms with Crippen molar-refractivity contribution in [1.29, 1.82) is 5.26 Å². The minimum absolute atomic E-state index is 0.0231. The molecule has 0 spiro atoms. The van der Waals surface area contributed by atoms with E-state index in [1.165, 1.54) is 43.9 Å². The van der Waals surface area contributed by atoms with E-state index < -0.39 is 21.6 Å². The van der Waals surface area contributed by atoms with Crippen LogP contribution >= 0.6 is 22.9 Å². The molecule has 0 bridgehead atoms. The number of pyridine rings is 1. The summed E-state index contributed by atoms with van der Waals surface area (Å²) in [5.74, 6) is -0.256. The Bertz CT molecular complexity index is 2180. The molecule has 0 radical (unpaired) electrons. The summed E-state index contributed by atoms with van der Waals surface area (Å²) in [6, 6.07) is 11.6. The number of nitrogens with zero attached hydrogens (tertiary/aromatic N) is 5. The molecular weight excluding hydrogens is 626 g/mol. The number of aryl methyl sites for hydroxylation is 1. The van der Waals surface area contributed by atoms with Crippen LogP contribution in [-0.2, 0) is 16.6 Å². The fourth-order valence-electron chi connectivity index (χ4n) is 5.44. The van der Waals surface area contributed by atoms with Crippen LogP contribution in [0.2, 0.25) is 5.02 Å². The summed E-state index contributed by atoms with van der Waals surface area (Å²) in [7, 11) is -3.96. The van der Waals surface area contributed by atoms with Gasteiger partial charge in [-0.25, -0.2) is 18.2 Å². The first-order chi connectivity index (χ1) is 21.1. The molecule has 1 fully saturated rings. The van der Waals surface area contributed by atoms with E-state index in [2.05, 4.69) is 9.97 Å². The number of halogens is 1. The van der Waals surface area contributed by atoms with Gasteiger partial charge in [-0.2, -0.15) is 9.57 Å². The highest BCUT2D eigenvalue weighted by atomic mass is 35.5. The second kappa shape index (κ2) is 11.6. The number of carbonyl (C=O) groups is 1. The maximum atomic E-state index is 13.7. The molecule has 224 valence electrons. The van der Waals surface area contributed by atoms with Crippen LogP contribution in [-0.4, -0.2) is 58.0 Å². The van der Waals surface area contributed by atoms with Crippen LogP contribution in [0.25, 0.3) is 32.2 Å². The minimum Gasteiger partial charge on any atom is -0.491 e. The molecule has 2 aromatic carbocycles. The lowest BCUT2D eigenvalue weighted by Crippen LogP contribution is -2.30. The summed E-state index contributed by atoms with van der Waals surface area (Å²) >= 11 is 7.58. The van der Waals surface area contributed by atoms with Gasteiger partial charge in [-0.1, -0.05) is 11.6 Å². The molecule has 0 atom stereocenters. The van der Waals surface area contributed by atoms with Crippen molar-refractivity contribution in [3.05, 3.63) is 80.3 Å². The third kappa shape index (κ3) is 5.09. The highest BCUT2D eigenvalue weighted by Gasteiger charge is 2.31. The van der Waals surface area contributed by atoms with E-state index >= 15 is 0 Å². The highest BCUT2D eigenvalue weighted by Crippen LogP contribution is 2.39. The number of ether oxygens (including phenoxy) is 1. The molecule has 4 heterocycles. The van der Waals surface area contributed by atoms with E-state index in [-0.39, 0.29) is 40.1 Å². The second-order valence-corrected chi connectivity index (χ2v) is 13.4. The molecule has 1 aliphatic rings.